The van der Waals surface area contributed by atoms with E-state index in [1.54, 1.807) is 36.4 Å². The van der Waals surface area contributed by atoms with Crippen LogP contribution >= 0.6 is 0 Å². The van der Waals surface area contributed by atoms with E-state index in [4.69, 9.17) is 47.1 Å². The number of hydrogen-bond acceptors (Lipinski definition) is 3. The van der Waals surface area contributed by atoms with Crippen molar-refractivity contribution in [3.8, 4) is 17.2 Å². The van der Waals surface area contributed by atoms with Gasteiger partial charge in [-0.25, -0.2) is 0 Å². The van der Waals surface area contributed by atoms with Crippen molar-refractivity contribution in [1.82, 2.24) is 0 Å². The van der Waals surface area contributed by atoms with Crippen LogP contribution in [0.2, 0.25) is 0 Å². The minimum absolute atomic E-state index is 0.0747. The van der Waals surface area contributed by atoms with E-state index in [2.05, 4.69) is 0 Å². The van der Waals surface area contributed by atoms with E-state index in [9.17, 15) is 15.3 Å². The van der Waals surface area contributed by atoms with Gasteiger partial charge in [0.2, 0.25) is 0 Å². The first-order chi connectivity index (χ1) is 13.5. The monoisotopic (exact) mass is 366 g/mol. The minimum atomic E-state index is -1.01. The van der Waals surface area contributed by atoms with Gasteiger partial charge in [-0.05, 0) is 23.6 Å². The van der Waals surface area contributed by atoms with Crippen molar-refractivity contribution in [1.29, 1.82) is 0 Å². The fraction of sp³-hybridized carbons (Fsp3) is 0.100. The highest BCUT2D eigenvalue weighted by Crippen LogP contribution is 2.38. The summed E-state index contributed by atoms with van der Waals surface area (Å²) in [5.74, 6) is -0.693. The largest absolute Gasteiger partial charge is 0.509 e. The second-order valence-corrected chi connectivity index (χ2v) is 7.13. The quantitative estimate of drug-likeness (QED) is 0.341. The Bertz CT molecular complexity index is 921. The van der Waals surface area contributed by atoms with E-state index < -0.39 is 5.41 Å². The van der Waals surface area contributed by atoms with Crippen LogP contribution in [0.3, 0.4) is 0 Å². The third kappa shape index (κ3) is 3.48. The Labute approximate surface area is 178 Å². The lowest BCUT2D eigenvalue weighted by molar-refractivity contribution is 0.483. The van der Waals surface area contributed by atoms with Gasteiger partial charge in [0.25, 0.3) is 0 Å². The molecule has 0 amide bonds. The van der Waals surface area contributed by atoms with Crippen LogP contribution in [0, 0.1) is 0 Å². The lowest BCUT2D eigenvalue weighted by Gasteiger charge is -2.34. The highest BCUT2D eigenvalue weighted by molar-refractivity contribution is 6.42. The zero-order valence-corrected chi connectivity index (χ0v) is 15.8. The third-order valence-corrected chi connectivity index (χ3v) is 5.24. The standard InChI is InChI=1S/C20H12B6O3/c1-20(8-2-11(21)17(27)12(22)3-8,9-4-13(23)18(28)14(24)5-9)10-6-15(25)19(29)16(26)7-10/h2-7,27-29H,1H3. The molecule has 0 saturated carbocycles. The molecule has 0 aliphatic heterocycles. The molecule has 3 aromatic carbocycles. The average Bonchev–Trinajstić information content (AvgIpc) is 2.66. The molecule has 0 aromatic heterocycles. The van der Waals surface area contributed by atoms with E-state index in [0.717, 1.165) is 0 Å². The molecule has 3 rings (SSSR count). The molecule has 9 heteroatoms. The topological polar surface area (TPSA) is 60.7 Å². The van der Waals surface area contributed by atoms with Gasteiger partial charge in [-0.3, -0.25) is 0 Å². The summed E-state index contributed by atoms with van der Waals surface area (Å²) in [5, 5.41) is 30.0. The molecule has 0 fully saturated rings. The smallest absolute Gasteiger partial charge is 0.118 e. The molecule has 29 heavy (non-hydrogen) atoms. The molecule has 0 saturated heterocycles. The Morgan fingerprint density at radius 3 is 0.828 bits per heavy atom. The average molecular weight is 365 g/mol. The van der Waals surface area contributed by atoms with Crippen molar-refractivity contribution >= 4 is 79.9 Å². The number of hydrogen-bond donors (Lipinski definition) is 3. The number of benzene rings is 3. The zero-order chi connectivity index (χ0) is 21.7. The summed E-state index contributed by atoms with van der Waals surface area (Å²) in [7, 11) is 35.6. The highest BCUT2D eigenvalue weighted by atomic mass is 16.3. The van der Waals surface area contributed by atoms with Crippen molar-refractivity contribution < 1.29 is 15.3 Å². The van der Waals surface area contributed by atoms with Crippen molar-refractivity contribution in [2.45, 2.75) is 12.3 Å². The lowest BCUT2D eigenvalue weighted by Crippen LogP contribution is -2.34. The Morgan fingerprint density at radius 1 is 0.483 bits per heavy atom. The van der Waals surface area contributed by atoms with Crippen LogP contribution in [0.25, 0.3) is 0 Å². The van der Waals surface area contributed by atoms with E-state index in [1.165, 1.54) is 0 Å². The molecule has 0 atom stereocenters. The summed E-state index contributed by atoms with van der Waals surface area (Å²) in [5.41, 5.74) is 1.18. The molecule has 0 aliphatic carbocycles. The first-order valence-electron chi connectivity index (χ1n) is 8.62. The van der Waals surface area contributed by atoms with Gasteiger partial charge < -0.3 is 15.3 Å². The predicted molar refractivity (Wildman–Crippen MR) is 122 cm³/mol. The first-order valence-corrected chi connectivity index (χ1v) is 8.62. The normalized spacial score (nSPS) is 11.5. The molecule has 128 valence electrons. The van der Waals surface area contributed by atoms with E-state index >= 15 is 0 Å². The summed E-state index contributed by atoms with van der Waals surface area (Å²) < 4.78 is 0. The molecule has 0 aliphatic rings. The van der Waals surface area contributed by atoms with Crippen molar-refractivity contribution in [3.05, 3.63) is 53.1 Å². The van der Waals surface area contributed by atoms with Crippen LogP contribution in [0.5, 0.6) is 17.2 Å². The molecule has 3 N–H and O–H groups in total. The van der Waals surface area contributed by atoms with Crippen LogP contribution in [0.15, 0.2) is 36.4 Å². The zero-order valence-electron chi connectivity index (χ0n) is 15.8. The fourth-order valence-electron chi connectivity index (χ4n) is 3.41. The molecule has 0 unspecified atom stereocenters. The number of phenols is 3. The fourth-order valence-corrected chi connectivity index (χ4v) is 3.41. The Balaban J connectivity index is 2.42. The second-order valence-electron chi connectivity index (χ2n) is 7.13. The summed E-state index contributed by atoms with van der Waals surface area (Å²) in [6, 6.07) is 9.36. The van der Waals surface area contributed by atoms with Gasteiger partial charge in [-0.15, -0.1) is 0 Å². The van der Waals surface area contributed by atoms with Crippen molar-refractivity contribution in [2.75, 3.05) is 0 Å². The van der Waals surface area contributed by atoms with Gasteiger partial charge in [0.05, 0.1) is 0 Å². The maximum absolute atomic E-state index is 9.99. The Kier molecular flexibility index (Phi) is 5.38. The number of phenolic OH excluding ortho intramolecular Hbond substituents is 3. The minimum Gasteiger partial charge on any atom is -0.509 e. The molecule has 12 radical (unpaired) electrons. The molecule has 3 aromatic rings. The van der Waals surface area contributed by atoms with Crippen LogP contribution in [-0.4, -0.2) is 62.4 Å². The maximum atomic E-state index is 9.99. The molecular weight excluding hydrogens is 353 g/mol. The van der Waals surface area contributed by atoms with Gasteiger partial charge >= 0.3 is 0 Å². The van der Waals surface area contributed by atoms with E-state index in [0.29, 0.717) is 16.7 Å². The van der Waals surface area contributed by atoms with Crippen molar-refractivity contribution in [3.63, 3.8) is 0 Å². The van der Waals surface area contributed by atoms with Crippen LogP contribution in [-0.2, 0) is 5.41 Å². The third-order valence-electron chi connectivity index (χ3n) is 5.24. The second kappa shape index (κ2) is 7.36. The molecule has 0 spiro atoms. The van der Waals surface area contributed by atoms with Gasteiger partial charge in [-0.2, -0.15) is 0 Å². The van der Waals surface area contributed by atoms with E-state index in [-0.39, 0.29) is 50.0 Å². The summed E-state index contributed by atoms with van der Waals surface area (Å²) in [4.78, 5) is 0. The lowest BCUT2D eigenvalue weighted by atomic mass is 9.65. The molecule has 3 nitrogen and oxygen atoms in total. The van der Waals surface area contributed by atoms with Gasteiger partial charge in [0, 0.05) is 5.41 Å². The Morgan fingerprint density at radius 2 is 0.655 bits per heavy atom. The van der Waals surface area contributed by atoms with Crippen molar-refractivity contribution in [2.24, 2.45) is 0 Å². The Hall–Kier alpha value is -2.55. The maximum Gasteiger partial charge on any atom is 0.118 e. The molecular formula is C20H12B6O3. The molecule has 0 bridgehead atoms. The van der Waals surface area contributed by atoms with Gasteiger partial charge in [0.1, 0.15) is 64.3 Å². The highest BCUT2D eigenvalue weighted by Gasteiger charge is 2.33. The molecule has 0 heterocycles. The van der Waals surface area contributed by atoms with Crippen LogP contribution < -0.4 is 32.8 Å². The number of aromatic hydroxyl groups is 3. The number of rotatable bonds is 3. The first kappa shape index (κ1) is 21.2. The van der Waals surface area contributed by atoms with Gasteiger partial charge in [0.15, 0.2) is 0 Å². The summed E-state index contributed by atoms with van der Waals surface area (Å²) in [6.45, 7) is 1.83. The van der Waals surface area contributed by atoms with Crippen LogP contribution in [0.1, 0.15) is 23.6 Å². The van der Waals surface area contributed by atoms with Gasteiger partial charge in [-0.1, -0.05) is 69.2 Å². The predicted octanol–water partition coefficient (Wildman–Crippen LogP) is -3.08. The summed E-state index contributed by atoms with van der Waals surface area (Å²) in [6.07, 6.45) is 0. The SMILES string of the molecule is [B]c1cc(C(C)(c2cc([B])c(O)c([B])c2)c2cc([B])c(O)c([B])c2)cc([B])c1O. The van der Waals surface area contributed by atoms with Crippen LogP contribution in [0.4, 0.5) is 0 Å². The summed E-state index contributed by atoms with van der Waals surface area (Å²) >= 11 is 0. The van der Waals surface area contributed by atoms with E-state index in [1.807, 2.05) is 6.92 Å².